The molecule has 3 atom stereocenters. The summed E-state index contributed by atoms with van der Waals surface area (Å²) in [7, 11) is 3.06. The number of ether oxygens (including phenoxy) is 3. The first kappa shape index (κ1) is 25.7. The summed E-state index contributed by atoms with van der Waals surface area (Å²) in [5.41, 5.74) is 4.53. The van der Waals surface area contributed by atoms with Crippen LogP contribution in [0.4, 0.5) is 5.69 Å². The molecule has 0 spiro atoms. The second-order valence-corrected chi connectivity index (χ2v) is 9.73. The first-order valence-electron chi connectivity index (χ1n) is 12.1. The van der Waals surface area contributed by atoms with E-state index in [2.05, 4.69) is 21.4 Å². The van der Waals surface area contributed by atoms with E-state index in [1.807, 2.05) is 6.92 Å². The summed E-state index contributed by atoms with van der Waals surface area (Å²) in [5, 5.41) is 1.27. The van der Waals surface area contributed by atoms with E-state index in [0.29, 0.717) is 40.7 Å². The lowest BCUT2D eigenvalue weighted by atomic mass is 9.90. The Bertz CT molecular complexity index is 1400. The normalized spacial score (nSPS) is 20.5. The number of carbonyl (C=O) groups is 3. The fourth-order valence-corrected chi connectivity index (χ4v) is 5.39. The predicted octanol–water partition coefficient (Wildman–Crippen LogP) is 4.12. The molecule has 0 aliphatic carbocycles. The summed E-state index contributed by atoms with van der Waals surface area (Å²) >= 11 is 3.40. The zero-order valence-electron chi connectivity index (χ0n) is 21.0. The van der Waals surface area contributed by atoms with Gasteiger partial charge in [-0.2, -0.15) is 0 Å². The highest BCUT2D eigenvalue weighted by atomic mass is 79.9. The van der Waals surface area contributed by atoms with Crippen LogP contribution in [0.15, 0.2) is 71.2 Å². The van der Waals surface area contributed by atoms with Gasteiger partial charge in [-0.05, 0) is 67.6 Å². The molecule has 0 saturated carbocycles. The van der Waals surface area contributed by atoms with E-state index in [1.54, 1.807) is 66.7 Å². The number of amides is 3. The number of fused-ring (bicyclic) bond motifs is 1. The van der Waals surface area contributed by atoms with Crippen LogP contribution in [0.1, 0.15) is 28.9 Å². The van der Waals surface area contributed by atoms with Crippen molar-refractivity contribution in [2.24, 2.45) is 5.92 Å². The highest BCUT2D eigenvalue weighted by Crippen LogP contribution is 2.45. The van der Waals surface area contributed by atoms with Crippen LogP contribution < -0.4 is 24.5 Å². The molecule has 2 heterocycles. The molecule has 3 aromatic rings. The molecule has 9 nitrogen and oxygen atoms in total. The maximum atomic E-state index is 13.9. The van der Waals surface area contributed by atoms with Crippen molar-refractivity contribution in [1.29, 1.82) is 0 Å². The van der Waals surface area contributed by atoms with Crippen molar-refractivity contribution >= 4 is 39.3 Å². The predicted molar refractivity (Wildman–Crippen MR) is 143 cm³/mol. The summed E-state index contributed by atoms with van der Waals surface area (Å²) in [4.78, 5) is 42.6. The SMILES string of the molecule is CCOc1ccc(N2C(=O)[C@@H]3[C@@H](c4cc(OC)ccc4OC)NN(C(=O)c4cccc(Br)c4)[C@H]3C2=O)cc1. The van der Waals surface area contributed by atoms with Gasteiger partial charge in [0.25, 0.3) is 11.8 Å². The lowest BCUT2D eigenvalue weighted by molar-refractivity contribution is -0.123. The quantitative estimate of drug-likeness (QED) is 0.420. The number of nitrogens with one attached hydrogen (secondary N) is 1. The van der Waals surface area contributed by atoms with Gasteiger partial charge in [0.1, 0.15) is 23.3 Å². The molecule has 0 bridgehead atoms. The van der Waals surface area contributed by atoms with E-state index in [0.717, 1.165) is 9.37 Å². The van der Waals surface area contributed by atoms with E-state index >= 15 is 0 Å². The molecule has 2 aliphatic rings. The largest absolute Gasteiger partial charge is 0.497 e. The Hall–Kier alpha value is -3.89. The van der Waals surface area contributed by atoms with Crippen molar-refractivity contribution in [2.75, 3.05) is 25.7 Å². The Morgan fingerprint density at radius 3 is 2.34 bits per heavy atom. The Morgan fingerprint density at radius 1 is 0.947 bits per heavy atom. The van der Waals surface area contributed by atoms with Crippen molar-refractivity contribution in [3.05, 3.63) is 82.3 Å². The number of rotatable bonds is 7. The van der Waals surface area contributed by atoms with Crippen LogP contribution in [0, 0.1) is 5.92 Å². The van der Waals surface area contributed by atoms with Crippen LogP contribution in [0.5, 0.6) is 17.2 Å². The van der Waals surface area contributed by atoms with Crippen molar-refractivity contribution in [3.63, 3.8) is 0 Å². The molecule has 3 amide bonds. The van der Waals surface area contributed by atoms with Gasteiger partial charge in [-0.15, -0.1) is 0 Å². The number of halogens is 1. The number of nitrogens with zero attached hydrogens (tertiary/aromatic N) is 2. The molecule has 5 rings (SSSR count). The third-order valence-corrected chi connectivity index (χ3v) is 7.20. The molecule has 38 heavy (non-hydrogen) atoms. The summed E-state index contributed by atoms with van der Waals surface area (Å²) in [6.07, 6.45) is 0. The van der Waals surface area contributed by atoms with Gasteiger partial charge < -0.3 is 14.2 Å². The molecule has 0 aromatic heterocycles. The van der Waals surface area contributed by atoms with E-state index in [1.165, 1.54) is 19.2 Å². The molecule has 2 aliphatic heterocycles. The van der Waals surface area contributed by atoms with Crippen LogP contribution >= 0.6 is 15.9 Å². The lowest BCUT2D eigenvalue weighted by Crippen LogP contribution is -2.48. The van der Waals surface area contributed by atoms with Crippen LogP contribution in [0.2, 0.25) is 0 Å². The third kappa shape index (κ3) is 4.39. The van der Waals surface area contributed by atoms with Crippen molar-refractivity contribution in [1.82, 2.24) is 10.4 Å². The first-order chi connectivity index (χ1) is 18.4. The molecule has 0 radical (unpaired) electrons. The van der Waals surface area contributed by atoms with Gasteiger partial charge in [0.15, 0.2) is 0 Å². The maximum Gasteiger partial charge on any atom is 0.268 e. The number of hydrogen-bond donors (Lipinski definition) is 1. The average Bonchev–Trinajstić information content (AvgIpc) is 3.45. The number of benzene rings is 3. The fraction of sp³-hybridized carbons (Fsp3) is 0.250. The van der Waals surface area contributed by atoms with Gasteiger partial charge in [-0.3, -0.25) is 19.4 Å². The van der Waals surface area contributed by atoms with Crippen LogP contribution in [-0.2, 0) is 9.59 Å². The topological polar surface area (TPSA) is 97.4 Å². The van der Waals surface area contributed by atoms with Gasteiger partial charge >= 0.3 is 0 Å². The maximum absolute atomic E-state index is 13.9. The number of carbonyl (C=O) groups excluding carboxylic acids is 3. The second kappa shape index (κ2) is 10.5. The number of hydrogen-bond acceptors (Lipinski definition) is 7. The van der Waals surface area contributed by atoms with E-state index in [-0.39, 0.29) is 0 Å². The zero-order chi connectivity index (χ0) is 27.0. The van der Waals surface area contributed by atoms with E-state index in [4.69, 9.17) is 14.2 Å². The Labute approximate surface area is 228 Å². The Balaban J connectivity index is 1.59. The average molecular weight is 580 g/mol. The number of hydrazine groups is 1. The Morgan fingerprint density at radius 2 is 1.68 bits per heavy atom. The summed E-state index contributed by atoms with van der Waals surface area (Å²) in [6.45, 7) is 2.37. The van der Waals surface area contributed by atoms with Crippen LogP contribution in [-0.4, -0.2) is 49.6 Å². The van der Waals surface area contributed by atoms with E-state index in [9.17, 15) is 14.4 Å². The van der Waals surface area contributed by atoms with Gasteiger partial charge in [0.05, 0.1) is 38.5 Å². The fourth-order valence-electron chi connectivity index (χ4n) is 4.99. The molecule has 3 aromatic carbocycles. The van der Waals surface area contributed by atoms with Gasteiger partial charge in [0.2, 0.25) is 5.91 Å². The third-order valence-electron chi connectivity index (χ3n) is 6.70. The Kier molecular flexibility index (Phi) is 7.09. The second-order valence-electron chi connectivity index (χ2n) is 8.81. The summed E-state index contributed by atoms with van der Waals surface area (Å²) in [5.74, 6) is -0.565. The molecule has 2 fully saturated rings. The molecule has 196 valence electrons. The highest BCUT2D eigenvalue weighted by molar-refractivity contribution is 9.10. The van der Waals surface area contributed by atoms with Gasteiger partial charge in [0, 0.05) is 15.6 Å². The van der Waals surface area contributed by atoms with Crippen molar-refractivity contribution in [2.45, 2.75) is 19.0 Å². The molecule has 10 heteroatoms. The molecule has 1 N–H and O–H groups in total. The minimum absolute atomic E-state index is 0.364. The van der Waals surface area contributed by atoms with Gasteiger partial charge in [-0.1, -0.05) is 22.0 Å². The molecule has 0 unspecified atom stereocenters. The zero-order valence-corrected chi connectivity index (χ0v) is 22.6. The van der Waals surface area contributed by atoms with Crippen LogP contribution in [0.25, 0.3) is 0 Å². The first-order valence-corrected chi connectivity index (χ1v) is 12.8. The van der Waals surface area contributed by atoms with Crippen molar-refractivity contribution < 1.29 is 28.6 Å². The van der Waals surface area contributed by atoms with E-state index < -0.39 is 35.7 Å². The minimum Gasteiger partial charge on any atom is -0.497 e. The number of imide groups is 1. The summed E-state index contributed by atoms with van der Waals surface area (Å²) in [6, 6.07) is 17.0. The number of anilines is 1. The molecule has 2 saturated heterocycles. The molecular weight excluding hydrogens is 554 g/mol. The van der Waals surface area contributed by atoms with Crippen molar-refractivity contribution in [3.8, 4) is 17.2 Å². The number of methoxy groups -OCH3 is 2. The smallest absolute Gasteiger partial charge is 0.268 e. The van der Waals surface area contributed by atoms with Crippen LogP contribution in [0.3, 0.4) is 0 Å². The highest BCUT2D eigenvalue weighted by Gasteiger charge is 2.61. The lowest BCUT2D eigenvalue weighted by Gasteiger charge is -2.26. The molecular formula is C28H26BrN3O6. The monoisotopic (exact) mass is 579 g/mol. The summed E-state index contributed by atoms with van der Waals surface area (Å²) < 4.78 is 17.2. The van der Waals surface area contributed by atoms with Gasteiger partial charge in [-0.25, -0.2) is 10.3 Å². The standard InChI is InChI=1S/C28H26BrN3O6/c1-4-38-19-10-8-18(9-11-19)31-27(34)23-24(21-15-20(36-2)12-13-22(21)37-3)30-32(25(23)28(31)35)26(33)16-6-5-7-17(29)14-16/h5-15,23-25,30H,4H2,1-3H3/t23-,24-,25-/m1/s1. The minimum atomic E-state index is -1.07.